The number of hydrogen-bond donors (Lipinski definition) is 2. The Hall–Kier alpha value is -1.65. The van der Waals surface area contributed by atoms with Crippen molar-refractivity contribution in [2.24, 2.45) is 0 Å². The van der Waals surface area contributed by atoms with E-state index in [2.05, 4.69) is 31.2 Å². The van der Waals surface area contributed by atoms with Gasteiger partial charge in [-0.05, 0) is 72.2 Å². The molecule has 2 N–H and O–H groups in total. The number of halogens is 1. The van der Waals surface area contributed by atoms with Crippen LogP contribution in [0.3, 0.4) is 0 Å². The molecule has 0 aliphatic heterocycles. The third-order valence-electron chi connectivity index (χ3n) is 5.78. The highest BCUT2D eigenvalue weighted by Gasteiger charge is 2.29. The van der Waals surface area contributed by atoms with Gasteiger partial charge in [0.2, 0.25) is 0 Å². The molecule has 2 aromatic rings. The highest BCUT2D eigenvalue weighted by atomic mass is 19.1. The van der Waals surface area contributed by atoms with Crippen LogP contribution in [0.4, 0.5) is 4.39 Å². The van der Waals surface area contributed by atoms with Crippen molar-refractivity contribution in [3.63, 3.8) is 0 Å². The van der Waals surface area contributed by atoms with Gasteiger partial charge in [-0.3, -0.25) is 0 Å². The lowest BCUT2D eigenvalue weighted by Gasteiger charge is -2.28. The number of benzene rings is 2. The molecule has 0 radical (unpaired) electrons. The number of hydrogen-bond acceptors (Lipinski definition) is 2. The third kappa shape index (κ3) is 5.00. The monoisotopic (exact) mass is 368 g/mol. The Morgan fingerprint density at radius 1 is 1.04 bits per heavy atom. The van der Waals surface area contributed by atoms with Crippen LogP contribution in [0.5, 0.6) is 0 Å². The maximum Gasteiger partial charge on any atom is 0.489 e. The topological polar surface area (TPSA) is 40.5 Å². The summed E-state index contributed by atoms with van der Waals surface area (Å²) in [6.45, 7) is 2.20. The highest BCUT2D eigenvalue weighted by molar-refractivity contribution is 6.61. The normalized spacial score (nSPS) is 19.9. The Balaban J connectivity index is 1.90. The molecular formula is C23H30BFO2. The van der Waals surface area contributed by atoms with Gasteiger partial charge in [-0.15, -0.1) is 0 Å². The minimum atomic E-state index is -1.56. The Morgan fingerprint density at radius 3 is 2.48 bits per heavy atom. The molecule has 2 aromatic carbocycles. The molecule has 0 heterocycles. The van der Waals surface area contributed by atoms with Gasteiger partial charge in [-0.25, -0.2) is 4.39 Å². The molecule has 0 aromatic heterocycles. The summed E-state index contributed by atoms with van der Waals surface area (Å²) in [6.07, 6.45) is 6.76. The van der Waals surface area contributed by atoms with Crippen LogP contribution in [-0.2, 0) is 6.42 Å². The van der Waals surface area contributed by atoms with Crippen LogP contribution >= 0.6 is 0 Å². The first-order valence-electron chi connectivity index (χ1n) is 10.3. The average molecular weight is 368 g/mol. The maximum atomic E-state index is 13.9. The molecule has 1 saturated carbocycles. The van der Waals surface area contributed by atoms with Gasteiger partial charge in [0.1, 0.15) is 6.17 Å². The standard InChI is InChI=1S/C23H30BFO2/c1-2-3-4-7-17-12-14-18(15-13-17)21-10-6-11-22(23(21)24(26)27)19-8-5-9-20(25)16-19/h6,10-15,19-20,26-27H,2-5,7-9,16H2,1H3. The molecule has 1 fully saturated rings. The fraction of sp³-hybridized carbons (Fsp3) is 0.478. The molecule has 2 unspecified atom stereocenters. The predicted octanol–water partition coefficient (Wildman–Crippen LogP) is 4.76. The van der Waals surface area contributed by atoms with Crippen LogP contribution < -0.4 is 5.46 Å². The SMILES string of the molecule is CCCCCc1ccc(-c2cccc(C3CCCC(F)C3)c2B(O)O)cc1. The molecule has 3 rings (SSSR count). The third-order valence-corrected chi connectivity index (χ3v) is 5.78. The van der Waals surface area contributed by atoms with Crippen molar-refractivity contribution in [1.82, 2.24) is 0 Å². The van der Waals surface area contributed by atoms with E-state index in [1.807, 2.05) is 18.2 Å². The van der Waals surface area contributed by atoms with E-state index < -0.39 is 13.3 Å². The fourth-order valence-corrected chi connectivity index (χ4v) is 4.32. The first-order chi connectivity index (χ1) is 13.1. The quantitative estimate of drug-likeness (QED) is 0.546. The van der Waals surface area contributed by atoms with Crippen molar-refractivity contribution >= 4 is 12.6 Å². The number of aryl methyl sites for hydroxylation is 1. The molecule has 0 spiro atoms. The van der Waals surface area contributed by atoms with Gasteiger partial charge in [-0.2, -0.15) is 0 Å². The first-order valence-corrected chi connectivity index (χ1v) is 10.3. The Kier molecular flexibility index (Phi) is 7.09. The summed E-state index contributed by atoms with van der Waals surface area (Å²) in [4.78, 5) is 0. The zero-order valence-corrected chi connectivity index (χ0v) is 16.2. The molecule has 2 atom stereocenters. The first kappa shape index (κ1) is 20.1. The number of alkyl halides is 1. The van der Waals surface area contributed by atoms with Crippen LogP contribution in [0, 0.1) is 0 Å². The van der Waals surface area contributed by atoms with Crippen molar-refractivity contribution in [3.8, 4) is 11.1 Å². The van der Waals surface area contributed by atoms with E-state index in [9.17, 15) is 14.4 Å². The van der Waals surface area contributed by atoms with Crippen LogP contribution in [-0.4, -0.2) is 23.3 Å². The summed E-state index contributed by atoms with van der Waals surface area (Å²) in [5.41, 5.74) is 4.55. The molecule has 1 aliphatic rings. The minimum Gasteiger partial charge on any atom is -0.423 e. The van der Waals surface area contributed by atoms with Gasteiger partial charge in [0.25, 0.3) is 0 Å². The highest BCUT2D eigenvalue weighted by Crippen LogP contribution is 2.35. The van der Waals surface area contributed by atoms with Gasteiger partial charge in [0.15, 0.2) is 0 Å². The fourth-order valence-electron chi connectivity index (χ4n) is 4.32. The van der Waals surface area contributed by atoms with Gasteiger partial charge >= 0.3 is 7.12 Å². The van der Waals surface area contributed by atoms with Crippen molar-refractivity contribution in [3.05, 3.63) is 53.6 Å². The lowest BCUT2D eigenvalue weighted by Crippen LogP contribution is -2.36. The van der Waals surface area contributed by atoms with Gasteiger partial charge in [0.05, 0.1) is 0 Å². The molecule has 0 amide bonds. The summed E-state index contributed by atoms with van der Waals surface area (Å²) >= 11 is 0. The molecular weight excluding hydrogens is 338 g/mol. The maximum absolute atomic E-state index is 13.9. The van der Waals surface area contributed by atoms with Crippen molar-refractivity contribution in [2.45, 2.75) is 70.4 Å². The minimum absolute atomic E-state index is 0.0545. The molecule has 144 valence electrons. The average Bonchev–Trinajstić information content (AvgIpc) is 2.68. The molecule has 27 heavy (non-hydrogen) atoms. The van der Waals surface area contributed by atoms with E-state index in [0.29, 0.717) is 18.3 Å². The van der Waals surface area contributed by atoms with E-state index in [1.165, 1.54) is 24.8 Å². The Morgan fingerprint density at radius 2 is 1.81 bits per heavy atom. The van der Waals surface area contributed by atoms with Crippen LogP contribution in [0.2, 0.25) is 0 Å². The van der Waals surface area contributed by atoms with E-state index >= 15 is 0 Å². The summed E-state index contributed by atoms with van der Waals surface area (Å²) in [5, 5.41) is 20.2. The Bertz CT molecular complexity index is 730. The molecule has 0 bridgehead atoms. The molecule has 1 aliphatic carbocycles. The van der Waals surface area contributed by atoms with E-state index in [1.54, 1.807) is 0 Å². The number of unbranched alkanes of at least 4 members (excludes halogenated alkanes) is 2. The second-order valence-electron chi connectivity index (χ2n) is 7.80. The Labute approximate surface area is 162 Å². The largest absolute Gasteiger partial charge is 0.489 e. The predicted molar refractivity (Wildman–Crippen MR) is 111 cm³/mol. The van der Waals surface area contributed by atoms with Crippen molar-refractivity contribution in [2.75, 3.05) is 0 Å². The number of rotatable bonds is 7. The van der Waals surface area contributed by atoms with Gasteiger partial charge in [-0.1, -0.05) is 62.2 Å². The van der Waals surface area contributed by atoms with Crippen molar-refractivity contribution < 1.29 is 14.4 Å². The zero-order chi connectivity index (χ0) is 19.2. The lowest BCUT2D eigenvalue weighted by atomic mass is 9.68. The summed E-state index contributed by atoms with van der Waals surface area (Å²) in [6, 6.07) is 14.2. The molecule has 4 heteroatoms. The smallest absolute Gasteiger partial charge is 0.423 e. The summed E-state index contributed by atoms with van der Waals surface area (Å²) < 4.78 is 13.9. The molecule has 0 saturated heterocycles. The van der Waals surface area contributed by atoms with Gasteiger partial charge in [0, 0.05) is 0 Å². The summed E-state index contributed by atoms with van der Waals surface area (Å²) in [7, 11) is -1.56. The lowest BCUT2D eigenvalue weighted by molar-refractivity contribution is 0.231. The van der Waals surface area contributed by atoms with Crippen LogP contribution in [0.15, 0.2) is 42.5 Å². The van der Waals surface area contributed by atoms with Crippen LogP contribution in [0.1, 0.15) is 68.9 Å². The summed E-state index contributed by atoms with van der Waals surface area (Å²) in [5.74, 6) is 0.0545. The van der Waals surface area contributed by atoms with Crippen molar-refractivity contribution in [1.29, 1.82) is 0 Å². The van der Waals surface area contributed by atoms with E-state index in [0.717, 1.165) is 36.0 Å². The second-order valence-corrected chi connectivity index (χ2v) is 7.80. The van der Waals surface area contributed by atoms with E-state index in [-0.39, 0.29) is 5.92 Å². The van der Waals surface area contributed by atoms with Gasteiger partial charge < -0.3 is 10.0 Å². The van der Waals surface area contributed by atoms with E-state index in [4.69, 9.17) is 0 Å². The van der Waals surface area contributed by atoms with Crippen LogP contribution in [0.25, 0.3) is 11.1 Å². The zero-order valence-electron chi connectivity index (χ0n) is 16.2. The molecule has 2 nitrogen and oxygen atoms in total. The second kappa shape index (κ2) is 9.52.